The molecule has 0 spiro atoms. The van der Waals surface area contributed by atoms with Crippen LogP contribution in [0.4, 0.5) is 5.95 Å². The Bertz CT molecular complexity index is 381. The van der Waals surface area contributed by atoms with Gasteiger partial charge < -0.3 is 15.4 Å². The van der Waals surface area contributed by atoms with Gasteiger partial charge in [-0.05, 0) is 25.2 Å². The third-order valence-electron chi connectivity index (χ3n) is 3.29. The highest BCUT2D eigenvalue weighted by Crippen LogP contribution is 2.35. The standard InChI is InChI=1S/C13H22N4O/c1-3-8-18-12-6-7-15-13(16-12)17(2)11(9-14)10-4-5-10/h6-7,10-11H,3-5,8-9,14H2,1-2H3. The maximum absolute atomic E-state index is 5.84. The Balaban J connectivity index is 2.06. The smallest absolute Gasteiger partial charge is 0.228 e. The van der Waals surface area contributed by atoms with Crippen LogP contribution < -0.4 is 15.4 Å². The van der Waals surface area contributed by atoms with Gasteiger partial charge in [-0.2, -0.15) is 4.98 Å². The highest BCUT2D eigenvalue weighted by Gasteiger charge is 2.33. The molecule has 5 heteroatoms. The van der Waals surface area contributed by atoms with Crippen LogP contribution in [0, 0.1) is 5.92 Å². The molecule has 0 radical (unpaired) electrons. The lowest BCUT2D eigenvalue weighted by molar-refractivity contribution is 0.304. The van der Waals surface area contributed by atoms with Gasteiger partial charge >= 0.3 is 0 Å². The summed E-state index contributed by atoms with van der Waals surface area (Å²) in [6.45, 7) is 3.40. The van der Waals surface area contributed by atoms with Crippen LogP contribution in [0.1, 0.15) is 26.2 Å². The molecule has 0 aliphatic heterocycles. The number of rotatable bonds is 7. The summed E-state index contributed by atoms with van der Waals surface area (Å²) in [4.78, 5) is 10.8. The predicted molar refractivity (Wildman–Crippen MR) is 71.8 cm³/mol. The van der Waals surface area contributed by atoms with Crippen LogP contribution in [0.2, 0.25) is 0 Å². The van der Waals surface area contributed by atoms with Gasteiger partial charge in [0, 0.05) is 31.9 Å². The quantitative estimate of drug-likeness (QED) is 0.793. The van der Waals surface area contributed by atoms with E-state index in [9.17, 15) is 0 Å². The number of ether oxygens (including phenoxy) is 1. The van der Waals surface area contributed by atoms with Crippen molar-refractivity contribution in [3.05, 3.63) is 12.3 Å². The summed E-state index contributed by atoms with van der Waals surface area (Å²) in [5.74, 6) is 2.04. The Morgan fingerprint density at radius 2 is 2.33 bits per heavy atom. The number of hydrogen-bond acceptors (Lipinski definition) is 5. The molecule has 1 aromatic heterocycles. The van der Waals surface area contributed by atoms with Gasteiger partial charge in [-0.3, -0.25) is 0 Å². The van der Waals surface area contributed by atoms with Gasteiger partial charge in [0.1, 0.15) is 0 Å². The van der Waals surface area contributed by atoms with Crippen LogP contribution >= 0.6 is 0 Å². The maximum atomic E-state index is 5.84. The van der Waals surface area contributed by atoms with E-state index in [1.165, 1.54) is 12.8 Å². The van der Waals surface area contributed by atoms with E-state index >= 15 is 0 Å². The van der Waals surface area contributed by atoms with Crippen molar-refractivity contribution in [2.75, 3.05) is 25.1 Å². The number of aromatic nitrogens is 2. The normalized spacial score (nSPS) is 16.4. The highest BCUT2D eigenvalue weighted by molar-refractivity contribution is 5.33. The molecule has 2 N–H and O–H groups in total. The first-order valence-electron chi connectivity index (χ1n) is 6.65. The van der Waals surface area contributed by atoms with Crippen molar-refractivity contribution in [1.29, 1.82) is 0 Å². The molecule has 5 nitrogen and oxygen atoms in total. The molecule has 1 aliphatic carbocycles. The first kappa shape index (κ1) is 13.1. The van der Waals surface area contributed by atoms with E-state index < -0.39 is 0 Å². The molecule has 0 amide bonds. The van der Waals surface area contributed by atoms with Crippen molar-refractivity contribution in [3.63, 3.8) is 0 Å². The Kier molecular flexibility index (Phi) is 4.36. The predicted octanol–water partition coefficient (Wildman–Crippen LogP) is 1.44. The van der Waals surface area contributed by atoms with E-state index in [1.807, 2.05) is 7.05 Å². The molecule has 1 aromatic rings. The molecule has 1 heterocycles. The van der Waals surface area contributed by atoms with E-state index in [1.54, 1.807) is 12.3 Å². The first-order chi connectivity index (χ1) is 8.76. The fourth-order valence-corrected chi connectivity index (χ4v) is 2.09. The molecular formula is C13H22N4O. The van der Waals surface area contributed by atoms with Gasteiger partial charge in [0.25, 0.3) is 0 Å². The van der Waals surface area contributed by atoms with Crippen molar-refractivity contribution in [2.24, 2.45) is 11.7 Å². The van der Waals surface area contributed by atoms with Gasteiger partial charge in [-0.15, -0.1) is 0 Å². The fraction of sp³-hybridized carbons (Fsp3) is 0.692. The second kappa shape index (κ2) is 6.00. The van der Waals surface area contributed by atoms with E-state index in [0.717, 1.165) is 6.42 Å². The van der Waals surface area contributed by atoms with Crippen molar-refractivity contribution in [1.82, 2.24) is 9.97 Å². The highest BCUT2D eigenvalue weighted by atomic mass is 16.5. The van der Waals surface area contributed by atoms with E-state index in [0.29, 0.717) is 36.9 Å². The molecule has 1 fully saturated rings. The number of nitrogens with zero attached hydrogens (tertiary/aromatic N) is 3. The van der Waals surface area contributed by atoms with Crippen LogP contribution in [-0.4, -0.2) is 36.2 Å². The lowest BCUT2D eigenvalue weighted by atomic mass is 10.1. The second-order valence-electron chi connectivity index (χ2n) is 4.79. The third-order valence-corrected chi connectivity index (χ3v) is 3.29. The minimum Gasteiger partial charge on any atom is -0.478 e. The Morgan fingerprint density at radius 1 is 1.56 bits per heavy atom. The molecule has 100 valence electrons. The second-order valence-corrected chi connectivity index (χ2v) is 4.79. The van der Waals surface area contributed by atoms with Crippen molar-refractivity contribution in [3.8, 4) is 5.88 Å². The first-order valence-corrected chi connectivity index (χ1v) is 6.65. The number of nitrogens with two attached hydrogens (primary N) is 1. The van der Waals surface area contributed by atoms with Gasteiger partial charge in [0.15, 0.2) is 0 Å². The zero-order valence-corrected chi connectivity index (χ0v) is 11.2. The lowest BCUT2D eigenvalue weighted by Gasteiger charge is -2.27. The lowest BCUT2D eigenvalue weighted by Crippen LogP contribution is -2.40. The van der Waals surface area contributed by atoms with Crippen molar-refractivity contribution in [2.45, 2.75) is 32.2 Å². The summed E-state index contributed by atoms with van der Waals surface area (Å²) in [5, 5.41) is 0. The Labute approximate surface area is 108 Å². The summed E-state index contributed by atoms with van der Waals surface area (Å²) in [6.07, 6.45) is 5.24. The fourth-order valence-electron chi connectivity index (χ4n) is 2.09. The summed E-state index contributed by atoms with van der Waals surface area (Å²) < 4.78 is 5.53. The molecule has 1 saturated carbocycles. The summed E-state index contributed by atoms with van der Waals surface area (Å²) in [6, 6.07) is 2.13. The van der Waals surface area contributed by atoms with Crippen molar-refractivity contribution < 1.29 is 4.74 Å². The van der Waals surface area contributed by atoms with Crippen LogP contribution in [0.5, 0.6) is 5.88 Å². The van der Waals surface area contributed by atoms with Crippen LogP contribution in [0.15, 0.2) is 12.3 Å². The summed E-state index contributed by atoms with van der Waals surface area (Å²) >= 11 is 0. The topological polar surface area (TPSA) is 64.3 Å². The summed E-state index contributed by atoms with van der Waals surface area (Å²) in [7, 11) is 2.01. The van der Waals surface area contributed by atoms with Gasteiger partial charge in [0.05, 0.1) is 6.61 Å². The van der Waals surface area contributed by atoms with Crippen molar-refractivity contribution >= 4 is 5.95 Å². The molecule has 0 bridgehead atoms. The van der Waals surface area contributed by atoms with Gasteiger partial charge in [-0.25, -0.2) is 4.98 Å². The Morgan fingerprint density at radius 3 is 2.94 bits per heavy atom. The molecule has 0 saturated heterocycles. The zero-order chi connectivity index (χ0) is 13.0. The van der Waals surface area contributed by atoms with E-state index in [2.05, 4.69) is 21.8 Å². The monoisotopic (exact) mass is 250 g/mol. The molecule has 1 unspecified atom stereocenters. The van der Waals surface area contributed by atoms with Gasteiger partial charge in [0.2, 0.25) is 11.8 Å². The largest absolute Gasteiger partial charge is 0.478 e. The Hall–Kier alpha value is -1.36. The van der Waals surface area contributed by atoms with Crippen LogP contribution in [0.25, 0.3) is 0 Å². The maximum Gasteiger partial charge on any atom is 0.228 e. The molecule has 2 rings (SSSR count). The molecular weight excluding hydrogens is 228 g/mol. The number of anilines is 1. The molecule has 0 aromatic carbocycles. The molecule has 1 aliphatic rings. The minimum atomic E-state index is 0.339. The van der Waals surface area contributed by atoms with Crippen LogP contribution in [-0.2, 0) is 0 Å². The minimum absolute atomic E-state index is 0.339. The van der Waals surface area contributed by atoms with E-state index in [4.69, 9.17) is 10.5 Å². The molecule has 1 atom stereocenters. The summed E-state index contributed by atoms with van der Waals surface area (Å²) in [5.41, 5.74) is 5.84. The number of hydrogen-bond donors (Lipinski definition) is 1. The van der Waals surface area contributed by atoms with Gasteiger partial charge in [-0.1, -0.05) is 6.92 Å². The zero-order valence-electron chi connectivity index (χ0n) is 11.2. The SMILES string of the molecule is CCCOc1ccnc(N(C)C(CN)C2CC2)n1. The third kappa shape index (κ3) is 3.10. The molecule has 18 heavy (non-hydrogen) atoms. The average molecular weight is 250 g/mol. The average Bonchev–Trinajstić information content (AvgIpc) is 3.22. The van der Waals surface area contributed by atoms with E-state index in [-0.39, 0.29) is 0 Å². The number of likely N-dealkylation sites (N-methyl/N-ethyl adjacent to an activating group) is 1. The van der Waals surface area contributed by atoms with Crippen LogP contribution in [0.3, 0.4) is 0 Å².